The summed E-state index contributed by atoms with van der Waals surface area (Å²) in [7, 11) is -3.71. The van der Waals surface area contributed by atoms with Gasteiger partial charge in [-0.3, -0.25) is 0 Å². The molecule has 130 valence electrons. The molecule has 0 saturated heterocycles. The lowest BCUT2D eigenvalue weighted by Crippen LogP contribution is -2.29. The van der Waals surface area contributed by atoms with Crippen LogP contribution in [0.25, 0.3) is 0 Å². The largest absolute Gasteiger partial charge is 0.338 e. The minimum Gasteiger partial charge on any atom is -0.338 e. The molecule has 0 atom stereocenters. The lowest BCUT2D eigenvalue weighted by atomic mass is 10.0. The van der Waals surface area contributed by atoms with Gasteiger partial charge < -0.3 is 10.6 Å². The van der Waals surface area contributed by atoms with Crippen molar-refractivity contribution >= 4 is 21.7 Å². The summed E-state index contributed by atoms with van der Waals surface area (Å²) in [6.45, 7) is 5.07. The molecule has 2 amide bonds. The summed E-state index contributed by atoms with van der Waals surface area (Å²) < 4.78 is 22.3. The molecule has 0 unspecified atom stereocenters. The maximum absolute atomic E-state index is 11.7. The summed E-state index contributed by atoms with van der Waals surface area (Å²) >= 11 is 0. The molecule has 1 aromatic carbocycles. The predicted molar refractivity (Wildman–Crippen MR) is 92.8 cm³/mol. The molecule has 0 aliphatic carbocycles. The monoisotopic (exact) mass is 341 g/mol. The van der Waals surface area contributed by atoms with Crippen molar-refractivity contribution in [2.24, 2.45) is 11.1 Å². The van der Waals surface area contributed by atoms with E-state index in [0.29, 0.717) is 12.2 Å². The van der Waals surface area contributed by atoms with E-state index in [4.69, 9.17) is 5.14 Å². The topological polar surface area (TPSA) is 101 Å². The maximum atomic E-state index is 11.7. The van der Waals surface area contributed by atoms with Crippen LogP contribution in [0.2, 0.25) is 0 Å². The molecule has 0 radical (unpaired) electrons. The Kier molecular flexibility index (Phi) is 8.05. The minimum atomic E-state index is -3.71. The Bertz CT molecular complexity index is 583. The Balaban J connectivity index is 2.21. The van der Waals surface area contributed by atoms with Gasteiger partial charge in [0.15, 0.2) is 0 Å². The zero-order valence-corrected chi connectivity index (χ0v) is 14.7. The highest BCUT2D eigenvalue weighted by Crippen LogP contribution is 2.12. The van der Waals surface area contributed by atoms with Crippen LogP contribution in [0.1, 0.15) is 46.0 Å². The van der Waals surface area contributed by atoms with E-state index in [1.165, 1.54) is 43.5 Å². The Hall–Kier alpha value is -1.60. The number of amides is 2. The van der Waals surface area contributed by atoms with E-state index in [0.717, 1.165) is 18.8 Å². The number of urea groups is 1. The van der Waals surface area contributed by atoms with Crippen LogP contribution < -0.4 is 15.8 Å². The van der Waals surface area contributed by atoms with Crippen molar-refractivity contribution in [2.75, 3.05) is 11.9 Å². The molecule has 7 heteroatoms. The first-order valence-corrected chi connectivity index (χ1v) is 9.51. The number of benzene rings is 1. The van der Waals surface area contributed by atoms with Crippen LogP contribution in [0, 0.1) is 5.92 Å². The van der Waals surface area contributed by atoms with E-state index in [-0.39, 0.29) is 10.9 Å². The standard InChI is InChI=1S/C16H27N3O3S/c1-13(2)7-5-3-4-6-12-18-16(20)19-14-8-10-15(11-9-14)23(17,21)22/h8-11,13H,3-7,12H2,1-2H3,(H2,17,21,22)(H2,18,19,20). The third-order valence-corrected chi connectivity index (χ3v) is 4.36. The summed E-state index contributed by atoms with van der Waals surface area (Å²) in [5, 5.41) is 10.4. The van der Waals surface area contributed by atoms with Gasteiger partial charge in [-0.05, 0) is 36.6 Å². The predicted octanol–water partition coefficient (Wildman–Crippen LogP) is 3.06. The third-order valence-electron chi connectivity index (χ3n) is 3.43. The molecule has 6 nitrogen and oxygen atoms in total. The van der Waals surface area contributed by atoms with E-state index in [1.54, 1.807) is 0 Å². The molecule has 0 aromatic heterocycles. The molecule has 0 bridgehead atoms. The van der Waals surface area contributed by atoms with Crippen LogP contribution in [0.3, 0.4) is 0 Å². The van der Waals surface area contributed by atoms with Gasteiger partial charge in [-0.25, -0.2) is 18.4 Å². The first-order chi connectivity index (χ1) is 10.8. The van der Waals surface area contributed by atoms with Gasteiger partial charge in [0, 0.05) is 12.2 Å². The van der Waals surface area contributed by atoms with E-state index in [2.05, 4.69) is 24.5 Å². The van der Waals surface area contributed by atoms with E-state index in [1.807, 2.05) is 0 Å². The number of hydrogen-bond acceptors (Lipinski definition) is 3. The number of carbonyl (C=O) groups excluding carboxylic acids is 1. The average molecular weight is 341 g/mol. The normalized spacial score (nSPS) is 11.5. The van der Waals surface area contributed by atoms with Crippen molar-refractivity contribution in [3.63, 3.8) is 0 Å². The zero-order chi connectivity index (χ0) is 17.3. The first kappa shape index (κ1) is 19.4. The molecular weight excluding hydrogens is 314 g/mol. The number of rotatable bonds is 9. The number of primary sulfonamides is 1. The summed E-state index contributed by atoms with van der Waals surface area (Å²) in [5.41, 5.74) is 0.520. The van der Waals surface area contributed by atoms with Crippen LogP contribution in [0.15, 0.2) is 29.2 Å². The molecule has 0 spiro atoms. The number of nitrogens with one attached hydrogen (secondary N) is 2. The lowest BCUT2D eigenvalue weighted by Gasteiger charge is -2.08. The second-order valence-corrected chi connectivity index (χ2v) is 7.61. The molecular formula is C16H27N3O3S. The molecule has 1 aromatic rings. The van der Waals surface area contributed by atoms with Crippen LogP contribution in [-0.4, -0.2) is 21.0 Å². The van der Waals surface area contributed by atoms with Gasteiger partial charge in [0.1, 0.15) is 0 Å². The Labute approximate surface area is 138 Å². The highest BCUT2D eigenvalue weighted by atomic mass is 32.2. The van der Waals surface area contributed by atoms with Crippen molar-refractivity contribution in [2.45, 2.75) is 50.8 Å². The number of sulfonamides is 1. The fourth-order valence-corrected chi connectivity index (χ4v) is 2.65. The number of hydrogen-bond donors (Lipinski definition) is 3. The second kappa shape index (κ2) is 9.52. The number of carbonyl (C=O) groups is 1. The van der Waals surface area contributed by atoms with Crippen molar-refractivity contribution in [1.82, 2.24) is 5.32 Å². The number of nitrogens with two attached hydrogens (primary N) is 1. The van der Waals surface area contributed by atoms with E-state index < -0.39 is 10.0 Å². The molecule has 1 rings (SSSR count). The van der Waals surface area contributed by atoms with Crippen molar-refractivity contribution < 1.29 is 13.2 Å². The van der Waals surface area contributed by atoms with E-state index >= 15 is 0 Å². The molecule has 0 saturated carbocycles. The number of anilines is 1. The average Bonchev–Trinajstić information content (AvgIpc) is 2.45. The molecule has 0 aliphatic rings. The smallest absolute Gasteiger partial charge is 0.319 e. The van der Waals surface area contributed by atoms with E-state index in [9.17, 15) is 13.2 Å². The molecule has 0 fully saturated rings. The first-order valence-electron chi connectivity index (χ1n) is 7.97. The third kappa shape index (κ3) is 8.56. The van der Waals surface area contributed by atoms with Gasteiger partial charge in [0.2, 0.25) is 10.0 Å². The summed E-state index contributed by atoms with van der Waals surface area (Å²) in [6.07, 6.45) is 5.74. The zero-order valence-electron chi connectivity index (χ0n) is 13.8. The van der Waals surface area contributed by atoms with Crippen molar-refractivity contribution in [1.29, 1.82) is 0 Å². The van der Waals surface area contributed by atoms with Crippen LogP contribution >= 0.6 is 0 Å². The maximum Gasteiger partial charge on any atom is 0.319 e. The van der Waals surface area contributed by atoms with Crippen molar-refractivity contribution in [3.8, 4) is 0 Å². The van der Waals surface area contributed by atoms with Gasteiger partial charge in [-0.1, -0.05) is 39.5 Å². The highest BCUT2D eigenvalue weighted by Gasteiger charge is 2.07. The highest BCUT2D eigenvalue weighted by molar-refractivity contribution is 7.89. The minimum absolute atomic E-state index is 0.0184. The van der Waals surface area contributed by atoms with Gasteiger partial charge >= 0.3 is 6.03 Å². The molecule has 0 heterocycles. The quantitative estimate of drug-likeness (QED) is 0.602. The Morgan fingerprint density at radius 3 is 2.26 bits per heavy atom. The van der Waals surface area contributed by atoms with Gasteiger partial charge in [-0.2, -0.15) is 0 Å². The summed E-state index contributed by atoms with van der Waals surface area (Å²) in [6, 6.07) is 5.44. The second-order valence-electron chi connectivity index (χ2n) is 6.05. The molecule has 23 heavy (non-hydrogen) atoms. The lowest BCUT2D eigenvalue weighted by molar-refractivity contribution is 0.252. The van der Waals surface area contributed by atoms with Crippen molar-refractivity contribution in [3.05, 3.63) is 24.3 Å². The summed E-state index contributed by atoms with van der Waals surface area (Å²) in [5.74, 6) is 0.750. The van der Waals surface area contributed by atoms with Crippen LogP contribution in [0.5, 0.6) is 0 Å². The Morgan fingerprint density at radius 1 is 1.09 bits per heavy atom. The molecule has 4 N–H and O–H groups in total. The molecule has 0 aliphatic heterocycles. The van der Waals surface area contributed by atoms with Gasteiger partial charge in [0.25, 0.3) is 0 Å². The van der Waals surface area contributed by atoms with Gasteiger partial charge in [0.05, 0.1) is 4.90 Å². The van der Waals surface area contributed by atoms with Gasteiger partial charge in [-0.15, -0.1) is 0 Å². The Morgan fingerprint density at radius 2 is 1.70 bits per heavy atom. The van der Waals surface area contributed by atoms with Crippen LogP contribution in [-0.2, 0) is 10.0 Å². The fourth-order valence-electron chi connectivity index (χ4n) is 2.14. The summed E-state index contributed by atoms with van der Waals surface area (Å²) in [4.78, 5) is 11.7. The fraction of sp³-hybridized carbons (Fsp3) is 0.562. The SMILES string of the molecule is CC(C)CCCCCCNC(=O)Nc1ccc(S(N)(=O)=O)cc1. The number of unbranched alkanes of at least 4 members (excludes halogenated alkanes) is 3. The van der Waals surface area contributed by atoms with Crippen LogP contribution in [0.4, 0.5) is 10.5 Å².